The molecule has 2 heterocycles. The Balaban J connectivity index is 1.92. The van der Waals surface area contributed by atoms with E-state index in [0.29, 0.717) is 11.9 Å². The van der Waals surface area contributed by atoms with Gasteiger partial charge in [-0.1, -0.05) is 13.3 Å². The van der Waals surface area contributed by atoms with Gasteiger partial charge in [0.05, 0.1) is 12.7 Å². The standard InChI is InChI=1S/C12H23N3O/c1-3-5-11-12(16)15(9-13-11)10-6-4-7-14(2)8-10/h10-11,13H,3-9H2,1-2H3. The van der Waals surface area contributed by atoms with E-state index in [0.717, 1.165) is 32.5 Å². The molecule has 2 aliphatic rings. The van der Waals surface area contributed by atoms with E-state index >= 15 is 0 Å². The van der Waals surface area contributed by atoms with Gasteiger partial charge in [-0.3, -0.25) is 10.1 Å². The Labute approximate surface area is 98.0 Å². The molecule has 0 aromatic carbocycles. The zero-order valence-electron chi connectivity index (χ0n) is 10.4. The molecule has 2 aliphatic heterocycles. The van der Waals surface area contributed by atoms with E-state index in [-0.39, 0.29) is 6.04 Å². The van der Waals surface area contributed by atoms with E-state index in [2.05, 4.69) is 29.1 Å². The molecule has 2 unspecified atom stereocenters. The van der Waals surface area contributed by atoms with Crippen LogP contribution in [0.4, 0.5) is 0 Å². The van der Waals surface area contributed by atoms with Crippen LogP contribution in [0.1, 0.15) is 32.6 Å². The lowest BCUT2D eigenvalue weighted by Crippen LogP contribution is -2.48. The van der Waals surface area contributed by atoms with Gasteiger partial charge in [0, 0.05) is 12.6 Å². The number of nitrogens with zero attached hydrogens (tertiary/aromatic N) is 2. The maximum atomic E-state index is 12.1. The topological polar surface area (TPSA) is 35.6 Å². The number of likely N-dealkylation sites (tertiary alicyclic amines) is 1. The van der Waals surface area contributed by atoms with Crippen molar-refractivity contribution < 1.29 is 4.79 Å². The number of rotatable bonds is 3. The molecule has 92 valence electrons. The number of hydrogen-bond donors (Lipinski definition) is 1. The van der Waals surface area contributed by atoms with Crippen LogP contribution in [0.15, 0.2) is 0 Å². The lowest BCUT2D eigenvalue weighted by Gasteiger charge is -2.35. The summed E-state index contributed by atoms with van der Waals surface area (Å²) in [6, 6.07) is 0.512. The van der Waals surface area contributed by atoms with Crippen LogP contribution < -0.4 is 5.32 Å². The Bertz CT molecular complexity index is 257. The van der Waals surface area contributed by atoms with Gasteiger partial charge < -0.3 is 9.80 Å². The zero-order chi connectivity index (χ0) is 11.5. The van der Waals surface area contributed by atoms with Crippen molar-refractivity contribution in [3.05, 3.63) is 0 Å². The first-order valence-electron chi connectivity index (χ1n) is 6.44. The van der Waals surface area contributed by atoms with E-state index in [1.54, 1.807) is 0 Å². The summed E-state index contributed by atoms with van der Waals surface area (Å²) in [6.45, 7) is 5.09. The number of nitrogens with one attached hydrogen (secondary N) is 1. The summed E-state index contributed by atoms with van der Waals surface area (Å²) in [4.78, 5) is 16.5. The summed E-state index contributed by atoms with van der Waals surface area (Å²) in [6.07, 6.45) is 4.42. The average molecular weight is 225 g/mol. The number of carbonyl (C=O) groups excluding carboxylic acids is 1. The fourth-order valence-electron chi connectivity index (χ4n) is 2.79. The minimum atomic E-state index is 0.0808. The quantitative estimate of drug-likeness (QED) is 0.765. The van der Waals surface area contributed by atoms with Crippen molar-refractivity contribution in [2.45, 2.75) is 44.7 Å². The molecular weight excluding hydrogens is 202 g/mol. The van der Waals surface area contributed by atoms with Gasteiger partial charge in [0.25, 0.3) is 0 Å². The van der Waals surface area contributed by atoms with Crippen molar-refractivity contribution in [1.29, 1.82) is 0 Å². The summed E-state index contributed by atoms with van der Waals surface area (Å²) in [5.74, 6) is 0.321. The summed E-state index contributed by atoms with van der Waals surface area (Å²) >= 11 is 0. The molecule has 0 radical (unpaired) electrons. The third kappa shape index (κ3) is 2.38. The van der Waals surface area contributed by atoms with Gasteiger partial charge in [0.15, 0.2) is 0 Å². The van der Waals surface area contributed by atoms with E-state index < -0.39 is 0 Å². The van der Waals surface area contributed by atoms with Gasteiger partial charge in [0.2, 0.25) is 5.91 Å². The fraction of sp³-hybridized carbons (Fsp3) is 0.917. The molecule has 0 aliphatic carbocycles. The first kappa shape index (κ1) is 11.9. The zero-order valence-corrected chi connectivity index (χ0v) is 10.4. The van der Waals surface area contributed by atoms with E-state index in [9.17, 15) is 4.79 Å². The highest BCUT2D eigenvalue weighted by Crippen LogP contribution is 2.19. The molecule has 16 heavy (non-hydrogen) atoms. The van der Waals surface area contributed by atoms with Crippen molar-refractivity contribution in [3.63, 3.8) is 0 Å². The SMILES string of the molecule is CCCC1NCN(C2CCCN(C)C2)C1=O. The minimum absolute atomic E-state index is 0.0808. The van der Waals surface area contributed by atoms with Crippen LogP contribution in [-0.4, -0.2) is 54.6 Å². The van der Waals surface area contributed by atoms with Gasteiger partial charge in [-0.25, -0.2) is 0 Å². The highest BCUT2D eigenvalue weighted by molar-refractivity contribution is 5.84. The second-order valence-electron chi connectivity index (χ2n) is 5.07. The monoisotopic (exact) mass is 225 g/mol. The minimum Gasteiger partial charge on any atom is -0.324 e. The first-order chi connectivity index (χ1) is 7.72. The molecule has 1 N–H and O–H groups in total. The largest absolute Gasteiger partial charge is 0.324 e. The van der Waals surface area contributed by atoms with Crippen molar-refractivity contribution in [1.82, 2.24) is 15.1 Å². The Morgan fingerprint density at radius 1 is 1.50 bits per heavy atom. The van der Waals surface area contributed by atoms with E-state index in [1.165, 1.54) is 13.0 Å². The van der Waals surface area contributed by atoms with Crippen molar-refractivity contribution in [2.75, 3.05) is 26.8 Å². The van der Waals surface area contributed by atoms with E-state index in [4.69, 9.17) is 0 Å². The van der Waals surface area contributed by atoms with Crippen LogP contribution in [-0.2, 0) is 4.79 Å². The predicted octanol–water partition coefficient (Wildman–Crippen LogP) is 0.639. The van der Waals surface area contributed by atoms with Crippen LogP contribution in [0.25, 0.3) is 0 Å². The van der Waals surface area contributed by atoms with Crippen LogP contribution >= 0.6 is 0 Å². The maximum Gasteiger partial charge on any atom is 0.241 e. The Morgan fingerprint density at radius 3 is 3.00 bits per heavy atom. The van der Waals surface area contributed by atoms with Gasteiger partial charge in [0.1, 0.15) is 0 Å². The summed E-state index contributed by atoms with van der Waals surface area (Å²) in [5.41, 5.74) is 0. The molecule has 1 amide bonds. The molecule has 2 fully saturated rings. The third-order valence-corrected chi connectivity index (χ3v) is 3.71. The molecule has 0 aromatic rings. The number of amides is 1. The molecule has 2 atom stereocenters. The molecule has 0 saturated carbocycles. The molecule has 0 bridgehead atoms. The molecule has 0 aromatic heterocycles. The lowest BCUT2D eigenvalue weighted by molar-refractivity contribution is -0.131. The molecular formula is C12H23N3O. The van der Waals surface area contributed by atoms with Gasteiger partial charge in [-0.2, -0.15) is 0 Å². The first-order valence-corrected chi connectivity index (χ1v) is 6.44. The van der Waals surface area contributed by atoms with Crippen LogP contribution in [0.5, 0.6) is 0 Å². The van der Waals surface area contributed by atoms with E-state index in [1.807, 2.05) is 0 Å². The second-order valence-corrected chi connectivity index (χ2v) is 5.07. The van der Waals surface area contributed by atoms with Crippen molar-refractivity contribution in [3.8, 4) is 0 Å². The predicted molar refractivity (Wildman–Crippen MR) is 64.1 cm³/mol. The highest BCUT2D eigenvalue weighted by Gasteiger charge is 2.35. The van der Waals surface area contributed by atoms with Crippen molar-refractivity contribution >= 4 is 5.91 Å². The Kier molecular flexibility index (Phi) is 3.82. The molecule has 4 nitrogen and oxygen atoms in total. The average Bonchev–Trinajstić information content (AvgIpc) is 2.61. The number of piperidine rings is 1. The second kappa shape index (κ2) is 5.15. The number of carbonyl (C=O) groups is 1. The third-order valence-electron chi connectivity index (χ3n) is 3.71. The van der Waals surface area contributed by atoms with Crippen molar-refractivity contribution in [2.24, 2.45) is 0 Å². The van der Waals surface area contributed by atoms with Gasteiger partial charge in [-0.05, 0) is 32.9 Å². The fourth-order valence-corrected chi connectivity index (χ4v) is 2.79. The number of likely N-dealkylation sites (N-methyl/N-ethyl adjacent to an activating group) is 1. The molecule has 2 saturated heterocycles. The lowest BCUT2D eigenvalue weighted by atomic mass is 10.0. The van der Waals surface area contributed by atoms with Gasteiger partial charge in [-0.15, -0.1) is 0 Å². The van der Waals surface area contributed by atoms with Crippen LogP contribution in [0.3, 0.4) is 0 Å². The Hall–Kier alpha value is -0.610. The van der Waals surface area contributed by atoms with Gasteiger partial charge >= 0.3 is 0 Å². The summed E-state index contributed by atoms with van der Waals surface area (Å²) < 4.78 is 0. The number of hydrogen-bond acceptors (Lipinski definition) is 3. The molecule has 2 rings (SSSR count). The maximum absolute atomic E-state index is 12.1. The molecule has 0 spiro atoms. The molecule has 4 heteroatoms. The van der Waals surface area contributed by atoms with Crippen LogP contribution in [0, 0.1) is 0 Å². The summed E-state index contributed by atoms with van der Waals surface area (Å²) in [7, 11) is 2.14. The van der Waals surface area contributed by atoms with Crippen LogP contribution in [0.2, 0.25) is 0 Å². The normalized spacial score (nSPS) is 32.4. The smallest absolute Gasteiger partial charge is 0.241 e. The Morgan fingerprint density at radius 2 is 2.31 bits per heavy atom. The highest BCUT2D eigenvalue weighted by atomic mass is 16.2. The summed E-state index contributed by atoms with van der Waals surface area (Å²) in [5, 5.41) is 3.33.